The topological polar surface area (TPSA) is 99.1 Å². The van der Waals surface area contributed by atoms with Gasteiger partial charge in [0.1, 0.15) is 6.61 Å². The third-order valence-electron chi connectivity index (χ3n) is 0.466. The molecule has 0 spiro atoms. The SMILES string of the molecule is O=C(O)CO.c1c[nH]nn1. The number of aliphatic hydroxyl groups is 1. The van der Waals surface area contributed by atoms with E-state index in [0.29, 0.717) is 0 Å². The van der Waals surface area contributed by atoms with Crippen LogP contribution in [0.3, 0.4) is 0 Å². The lowest BCUT2D eigenvalue weighted by Gasteiger charge is -1.72. The van der Waals surface area contributed by atoms with E-state index < -0.39 is 12.6 Å². The van der Waals surface area contributed by atoms with Crippen molar-refractivity contribution in [3.05, 3.63) is 12.4 Å². The summed E-state index contributed by atoms with van der Waals surface area (Å²) in [7, 11) is 0. The number of aromatic amines is 1. The molecule has 0 aliphatic rings. The fourth-order valence-corrected chi connectivity index (χ4v) is 0.167. The van der Waals surface area contributed by atoms with E-state index in [1.54, 1.807) is 12.4 Å². The van der Waals surface area contributed by atoms with E-state index in [4.69, 9.17) is 15.0 Å². The lowest BCUT2D eigenvalue weighted by Crippen LogP contribution is -1.98. The van der Waals surface area contributed by atoms with E-state index in [1.165, 1.54) is 0 Å². The fraction of sp³-hybridized carbons (Fsp3) is 0.250. The molecule has 1 heterocycles. The van der Waals surface area contributed by atoms with Crippen molar-refractivity contribution in [3.8, 4) is 0 Å². The Morgan fingerprint density at radius 1 is 1.70 bits per heavy atom. The minimum Gasteiger partial charge on any atom is -0.480 e. The van der Waals surface area contributed by atoms with Crippen molar-refractivity contribution in [1.82, 2.24) is 15.4 Å². The number of aliphatic carboxylic acids is 1. The number of rotatable bonds is 1. The lowest BCUT2D eigenvalue weighted by atomic mass is 10.8. The van der Waals surface area contributed by atoms with Crippen LogP contribution in [0.1, 0.15) is 0 Å². The summed E-state index contributed by atoms with van der Waals surface area (Å²) in [5.74, 6) is -1.19. The smallest absolute Gasteiger partial charge is 0.329 e. The molecule has 0 aliphatic heterocycles. The third kappa shape index (κ3) is 6.57. The second-order valence-electron chi connectivity index (χ2n) is 1.21. The number of hydrogen-bond acceptors (Lipinski definition) is 4. The van der Waals surface area contributed by atoms with Gasteiger partial charge in [0, 0.05) is 6.20 Å². The molecule has 0 atom stereocenters. The van der Waals surface area contributed by atoms with Crippen LogP contribution >= 0.6 is 0 Å². The summed E-state index contributed by atoms with van der Waals surface area (Å²) in [6.07, 6.45) is 3.24. The summed E-state index contributed by atoms with van der Waals surface area (Å²) >= 11 is 0. The minimum absolute atomic E-state index is 0.778. The Hall–Kier alpha value is -1.43. The Kier molecular flexibility index (Phi) is 4.89. The molecule has 0 radical (unpaired) electrons. The molecule has 0 amide bonds. The average Bonchev–Trinajstić information content (AvgIpc) is 2.43. The highest BCUT2D eigenvalue weighted by atomic mass is 16.4. The molecule has 0 aliphatic carbocycles. The maximum absolute atomic E-state index is 9.12. The van der Waals surface area contributed by atoms with Gasteiger partial charge >= 0.3 is 5.97 Å². The number of carboxylic acids is 1. The van der Waals surface area contributed by atoms with Crippen molar-refractivity contribution in [2.45, 2.75) is 0 Å². The molecule has 0 fully saturated rings. The van der Waals surface area contributed by atoms with Crippen LogP contribution in [-0.2, 0) is 4.79 Å². The van der Waals surface area contributed by atoms with Gasteiger partial charge in [-0.05, 0) is 0 Å². The highest BCUT2D eigenvalue weighted by molar-refractivity contribution is 5.67. The standard InChI is InChI=1S/C2H3N3.C2H4O3/c1-2-4-5-3-1;3-1-2(4)5/h1-2H,(H,3,4,5);3H,1H2,(H,4,5). The summed E-state index contributed by atoms with van der Waals surface area (Å²) in [6.45, 7) is -0.778. The van der Waals surface area contributed by atoms with Gasteiger partial charge in [-0.1, -0.05) is 5.21 Å². The Labute approximate surface area is 56.5 Å². The van der Waals surface area contributed by atoms with Crippen LogP contribution in [0.4, 0.5) is 0 Å². The summed E-state index contributed by atoms with van der Waals surface area (Å²) in [5, 5.41) is 24.3. The molecule has 56 valence electrons. The van der Waals surface area contributed by atoms with Gasteiger partial charge < -0.3 is 10.2 Å². The minimum atomic E-state index is -1.19. The van der Waals surface area contributed by atoms with Gasteiger partial charge in [-0.2, -0.15) is 0 Å². The van der Waals surface area contributed by atoms with Crippen LogP contribution in [0, 0.1) is 0 Å². The normalized spacial score (nSPS) is 7.70. The first-order valence-corrected chi connectivity index (χ1v) is 2.40. The first-order valence-electron chi connectivity index (χ1n) is 2.40. The molecular formula is C4H7N3O3. The second kappa shape index (κ2) is 5.70. The molecule has 3 N–H and O–H groups in total. The van der Waals surface area contributed by atoms with Gasteiger partial charge in [0.25, 0.3) is 0 Å². The molecule has 0 saturated heterocycles. The highest BCUT2D eigenvalue weighted by Crippen LogP contribution is 1.55. The zero-order chi connectivity index (χ0) is 7.82. The maximum atomic E-state index is 9.12. The molecular weight excluding hydrogens is 138 g/mol. The summed E-state index contributed by atoms with van der Waals surface area (Å²) in [6, 6.07) is 0. The number of H-pyrrole nitrogens is 1. The van der Waals surface area contributed by atoms with Crippen LogP contribution in [0.2, 0.25) is 0 Å². The van der Waals surface area contributed by atoms with Crippen LogP contribution in [0.5, 0.6) is 0 Å². The number of aliphatic hydroxyl groups excluding tert-OH is 1. The van der Waals surface area contributed by atoms with E-state index >= 15 is 0 Å². The largest absolute Gasteiger partial charge is 0.480 e. The first-order chi connectivity index (χ1) is 4.77. The van der Waals surface area contributed by atoms with Gasteiger partial charge in [0.05, 0.1) is 6.20 Å². The molecule has 1 rings (SSSR count). The van der Waals surface area contributed by atoms with E-state index in [-0.39, 0.29) is 0 Å². The molecule has 10 heavy (non-hydrogen) atoms. The second-order valence-corrected chi connectivity index (χ2v) is 1.21. The van der Waals surface area contributed by atoms with Crippen molar-refractivity contribution < 1.29 is 15.0 Å². The predicted octanol–water partition coefficient (Wildman–Crippen LogP) is -1.13. The van der Waals surface area contributed by atoms with Gasteiger partial charge in [0.2, 0.25) is 0 Å². The number of nitrogens with one attached hydrogen (secondary N) is 1. The Morgan fingerprint density at radius 2 is 2.30 bits per heavy atom. The quantitative estimate of drug-likeness (QED) is 0.464. The molecule has 0 bridgehead atoms. The Bertz CT molecular complexity index is 145. The van der Waals surface area contributed by atoms with Crippen molar-refractivity contribution in [3.63, 3.8) is 0 Å². The van der Waals surface area contributed by atoms with Crippen LogP contribution in [0.25, 0.3) is 0 Å². The van der Waals surface area contributed by atoms with Crippen molar-refractivity contribution in [2.24, 2.45) is 0 Å². The number of hydrogen-bond donors (Lipinski definition) is 3. The number of aromatic nitrogens is 3. The van der Waals surface area contributed by atoms with E-state index in [9.17, 15) is 0 Å². The molecule has 0 saturated carbocycles. The number of carbonyl (C=O) groups is 1. The van der Waals surface area contributed by atoms with Crippen molar-refractivity contribution in [1.29, 1.82) is 0 Å². The monoisotopic (exact) mass is 145 g/mol. The van der Waals surface area contributed by atoms with E-state index in [0.717, 1.165) is 0 Å². The zero-order valence-corrected chi connectivity index (χ0v) is 5.06. The highest BCUT2D eigenvalue weighted by Gasteiger charge is 1.82. The predicted molar refractivity (Wildman–Crippen MR) is 31.1 cm³/mol. The van der Waals surface area contributed by atoms with Crippen LogP contribution in [-0.4, -0.2) is 38.2 Å². The first kappa shape index (κ1) is 8.57. The van der Waals surface area contributed by atoms with Gasteiger partial charge in [0.15, 0.2) is 0 Å². The van der Waals surface area contributed by atoms with Crippen molar-refractivity contribution >= 4 is 5.97 Å². The number of carboxylic acid groups (broad SMARTS) is 1. The lowest BCUT2D eigenvalue weighted by molar-refractivity contribution is -0.140. The van der Waals surface area contributed by atoms with Crippen molar-refractivity contribution in [2.75, 3.05) is 6.61 Å². The van der Waals surface area contributed by atoms with Crippen LogP contribution in [0.15, 0.2) is 12.4 Å². The molecule has 0 unspecified atom stereocenters. The molecule has 0 aromatic carbocycles. The van der Waals surface area contributed by atoms with Gasteiger partial charge in [-0.3, -0.25) is 5.10 Å². The zero-order valence-electron chi connectivity index (χ0n) is 5.06. The number of nitrogens with zero attached hydrogens (tertiary/aromatic N) is 2. The van der Waals surface area contributed by atoms with Crippen LogP contribution < -0.4 is 0 Å². The summed E-state index contributed by atoms with van der Waals surface area (Å²) in [4.78, 5) is 9.12. The summed E-state index contributed by atoms with van der Waals surface area (Å²) < 4.78 is 0. The molecule has 6 heteroatoms. The Morgan fingerprint density at radius 3 is 2.40 bits per heavy atom. The maximum Gasteiger partial charge on any atom is 0.329 e. The molecule has 1 aromatic rings. The molecule has 6 nitrogen and oxygen atoms in total. The summed E-state index contributed by atoms with van der Waals surface area (Å²) in [5.41, 5.74) is 0. The van der Waals surface area contributed by atoms with Gasteiger partial charge in [-0.15, -0.1) is 5.10 Å². The van der Waals surface area contributed by atoms with E-state index in [1.807, 2.05) is 0 Å². The third-order valence-corrected chi connectivity index (χ3v) is 0.466. The Balaban J connectivity index is 0.000000162. The molecule has 1 aromatic heterocycles. The fourth-order valence-electron chi connectivity index (χ4n) is 0.167. The van der Waals surface area contributed by atoms with Gasteiger partial charge in [-0.25, -0.2) is 4.79 Å². The van der Waals surface area contributed by atoms with E-state index in [2.05, 4.69) is 15.4 Å². The average molecular weight is 145 g/mol.